The molecule has 4 nitrogen and oxygen atoms in total. The van der Waals surface area contributed by atoms with Crippen LogP contribution in [0.15, 0.2) is 0 Å². The van der Waals surface area contributed by atoms with Gasteiger partial charge < -0.3 is 10.8 Å². The molecule has 0 spiro atoms. The summed E-state index contributed by atoms with van der Waals surface area (Å²) in [5, 5.41) is 9.20. The number of carbonyl (C=O) groups is 2. The van der Waals surface area contributed by atoms with Crippen molar-refractivity contribution < 1.29 is 14.7 Å². The molecule has 0 aliphatic heterocycles. The van der Waals surface area contributed by atoms with Crippen LogP contribution in [-0.4, -0.2) is 22.9 Å². The lowest BCUT2D eigenvalue weighted by molar-refractivity contribution is -0.126. The number of Topliss-reactive ketones (excluding diaryl/α,β-unsaturated/α-hetero) is 1. The van der Waals surface area contributed by atoms with Gasteiger partial charge in [0, 0.05) is 12.3 Å². The molecule has 0 aromatic carbocycles. The van der Waals surface area contributed by atoms with Crippen molar-refractivity contribution in [2.45, 2.75) is 70.3 Å². The number of aliphatic hydroxyl groups excluding tert-OH is 1. The lowest BCUT2D eigenvalue weighted by Crippen LogP contribution is -2.27. The van der Waals surface area contributed by atoms with E-state index >= 15 is 0 Å². The molecule has 18 heavy (non-hydrogen) atoms. The first-order valence-electron chi connectivity index (χ1n) is 7.11. The molecule has 1 saturated carbocycles. The Morgan fingerprint density at radius 1 is 1.11 bits per heavy atom. The van der Waals surface area contributed by atoms with Gasteiger partial charge in [0.15, 0.2) is 0 Å². The number of nitrogens with two attached hydrogens (primary N) is 1. The number of rotatable bonds is 8. The first-order valence-corrected chi connectivity index (χ1v) is 7.11. The zero-order valence-electron chi connectivity index (χ0n) is 11.1. The fourth-order valence-corrected chi connectivity index (χ4v) is 2.58. The third-order valence-corrected chi connectivity index (χ3v) is 3.79. The van der Waals surface area contributed by atoms with Crippen LogP contribution in [0.25, 0.3) is 0 Å². The Hall–Kier alpha value is -0.900. The van der Waals surface area contributed by atoms with Gasteiger partial charge >= 0.3 is 0 Å². The Kier molecular flexibility index (Phi) is 6.94. The van der Waals surface area contributed by atoms with Gasteiger partial charge in [-0.25, -0.2) is 0 Å². The lowest BCUT2D eigenvalue weighted by Gasteiger charge is -2.20. The van der Waals surface area contributed by atoms with E-state index in [4.69, 9.17) is 5.73 Å². The van der Waals surface area contributed by atoms with Crippen molar-refractivity contribution in [3.8, 4) is 0 Å². The molecule has 1 unspecified atom stereocenters. The van der Waals surface area contributed by atoms with Crippen LogP contribution in [0.4, 0.5) is 0 Å². The molecule has 0 heterocycles. The largest absolute Gasteiger partial charge is 0.383 e. The second kappa shape index (κ2) is 8.25. The molecule has 4 heteroatoms. The number of hydrogen-bond donors (Lipinski definition) is 2. The molecule has 0 aromatic heterocycles. The van der Waals surface area contributed by atoms with Gasteiger partial charge in [-0.15, -0.1) is 0 Å². The second-order valence-corrected chi connectivity index (χ2v) is 5.32. The van der Waals surface area contributed by atoms with Crippen molar-refractivity contribution in [1.82, 2.24) is 0 Å². The molecule has 0 radical (unpaired) electrons. The summed E-state index contributed by atoms with van der Waals surface area (Å²) in [5.74, 6) is 0.0494. The van der Waals surface area contributed by atoms with E-state index in [1.165, 1.54) is 19.3 Å². The van der Waals surface area contributed by atoms with Crippen LogP contribution in [-0.2, 0) is 9.59 Å². The highest BCUT2D eigenvalue weighted by molar-refractivity contribution is 5.81. The fraction of sp³-hybridized carbons (Fsp3) is 0.857. The normalized spacial score (nSPS) is 18.5. The smallest absolute Gasteiger partial charge is 0.246 e. The van der Waals surface area contributed by atoms with Gasteiger partial charge in [-0.1, -0.05) is 32.1 Å². The molecular formula is C14H25NO3. The second-order valence-electron chi connectivity index (χ2n) is 5.32. The van der Waals surface area contributed by atoms with Gasteiger partial charge in [0.25, 0.3) is 0 Å². The number of aliphatic hydroxyl groups is 1. The molecule has 104 valence electrons. The van der Waals surface area contributed by atoms with Crippen molar-refractivity contribution in [3.63, 3.8) is 0 Å². The summed E-state index contributed by atoms with van der Waals surface area (Å²) >= 11 is 0. The Balaban J connectivity index is 2.03. The van der Waals surface area contributed by atoms with Gasteiger partial charge in [0.1, 0.15) is 11.9 Å². The van der Waals surface area contributed by atoms with E-state index in [0.717, 1.165) is 32.1 Å². The molecule has 0 saturated heterocycles. The highest BCUT2D eigenvalue weighted by Crippen LogP contribution is 2.25. The minimum absolute atomic E-state index is 0.301. The van der Waals surface area contributed by atoms with Crippen LogP contribution >= 0.6 is 0 Å². The average molecular weight is 255 g/mol. The molecule has 1 fully saturated rings. The molecule has 0 bridgehead atoms. The average Bonchev–Trinajstić information content (AvgIpc) is 2.38. The summed E-state index contributed by atoms with van der Waals surface area (Å²) in [6.45, 7) is 0. The molecule has 3 N–H and O–H groups in total. The zero-order valence-corrected chi connectivity index (χ0v) is 11.1. The lowest BCUT2D eigenvalue weighted by atomic mass is 9.84. The Morgan fingerprint density at radius 2 is 1.78 bits per heavy atom. The van der Waals surface area contributed by atoms with E-state index in [1.54, 1.807) is 0 Å². The maximum atomic E-state index is 11.9. The van der Waals surface area contributed by atoms with Crippen LogP contribution in [0.1, 0.15) is 64.2 Å². The Bertz CT molecular complexity index is 272. The fourth-order valence-electron chi connectivity index (χ4n) is 2.58. The van der Waals surface area contributed by atoms with Crippen LogP contribution < -0.4 is 5.73 Å². The maximum absolute atomic E-state index is 11.9. The van der Waals surface area contributed by atoms with Gasteiger partial charge in [-0.2, -0.15) is 0 Å². The predicted octanol–water partition coefficient (Wildman–Crippen LogP) is 1.93. The number of unbranched alkanes of at least 4 members (excludes halogenated alkanes) is 2. The summed E-state index contributed by atoms with van der Waals surface area (Å²) in [6.07, 6.45) is 8.32. The maximum Gasteiger partial charge on any atom is 0.246 e. The zero-order chi connectivity index (χ0) is 13.4. The van der Waals surface area contributed by atoms with E-state index in [9.17, 15) is 14.7 Å². The van der Waals surface area contributed by atoms with Crippen LogP contribution in [0.3, 0.4) is 0 Å². The minimum Gasteiger partial charge on any atom is -0.383 e. The van der Waals surface area contributed by atoms with E-state index in [-0.39, 0.29) is 0 Å². The van der Waals surface area contributed by atoms with Crippen LogP contribution in [0.5, 0.6) is 0 Å². The highest BCUT2D eigenvalue weighted by atomic mass is 16.3. The SMILES string of the molecule is NC(=O)C(O)CCCCCC(=O)C1CCCCC1. The van der Waals surface area contributed by atoms with E-state index in [0.29, 0.717) is 24.5 Å². The summed E-state index contributed by atoms with van der Waals surface area (Å²) in [7, 11) is 0. The van der Waals surface area contributed by atoms with E-state index in [1.807, 2.05) is 0 Å². The molecular weight excluding hydrogens is 230 g/mol. The number of carbonyl (C=O) groups excluding carboxylic acids is 2. The summed E-state index contributed by atoms with van der Waals surface area (Å²) in [5.41, 5.74) is 4.95. The van der Waals surface area contributed by atoms with Crippen LogP contribution in [0, 0.1) is 5.92 Å². The van der Waals surface area contributed by atoms with Gasteiger partial charge in [0.2, 0.25) is 5.91 Å². The monoisotopic (exact) mass is 255 g/mol. The van der Waals surface area contributed by atoms with Crippen molar-refractivity contribution in [2.24, 2.45) is 11.7 Å². The Morgan fingerprint density at radius 3 is 2.39 bits per heavy atom. The Labute approximate surface area is 109 Å². The molecule has 1 rings (SSSR count). The molecule has 0 aromatic rings. The third-order valence-electron chi connectivity index (χ3n) is 3.79. The number of hydrogen-bond acceptors (Lipinski definition) is 3. The highest BCUT2D eigenvalue weighted by Gasteiger charge is 2.20. The predicted molar refractivity (Wildman–Crippen MR) is 69.9 cm³/mol. The third kappa shape index (κ3) is 5.63. The molecule has 1 atom stereocenters. The number of primary amides is 1. The first-order chi connectivity index (χ1) is 8.61. The number of ketones is 1. The number of amides is 1. The quantitative estimate of drug-likeness (QED) is 0.650. The van der Waals surface area contributed by atoms with Crippen molar-refractivity contribution in [1.29, 1.82) is 0 Å². The van der Waals surface area contributed by atoms with Crippen molar-refractivity contribution >= 4 is 11.7 Å². The van der Waals surface area contributed by atoms with E-state index < -0.39 is 12.0 Å². The summed E-state index contributed by atoms with van der Waals surface area (Å²) in [6, 6.07) is 0. The van der Waals surface area contributed by atoms with Crippen molar-refractivity contribution in [3.05, 3.63) is 0 Å². The molecule has 1 aliphatic rings. The molecule has 1 aliphatic carbocycles. The summed E-state index contributed by atoms with van der Waals surface area (Å²) < 4.78 is 0. The standard InChI is InChI=1S/C14H25NO3/c15-14(18)13(17)10-6-2-5-9-12(16)11-7-3-1-4-8-11/h11,13,17H,1-10H2,(H2,15,18). The summed E-state index contributed by atoms with van der Waals surface area (Å²) in [4.78, 5) is 22.5. The minimum atomic E-state index is -1.03. The van der Waals surface area contributed by atoms with Gasteiger partial charge in [-0.3, -0.25) is 9.59 Å². The van der Waals surface area contributed by atoms with Crippen LogP contribution in [0.2, 0.25) is 0 Å². The van der Waals surface area contributed by atoms with Gasteiger partial charge in [-0.05, 0) is 25.7 Å². The topological polar surface area (TPSA) is 80.4 Å². The van der Waals surface area contributed by atoms with Crippen molar-refractivity contribution in [2.75, 3.05) is 0 Å². The first kappa shape index (κ1) is 15.2. The van der Waals surface area contributed by atoms with E-state index in [2.05, 4.69) is 0 Å². The van der Waals surface area contributed by atoms with Gasteiger partial charge in [0.05, 0.1) is 0 Å². The molecule has 1 amide bonds.